The topological polar surface area (TPSA) is 87.1 Å². The van der Waals surface area contributed by atoms with Gasteiger partial charge in [0.1, 0.15) is 5.75 Å². The van der Waals surface area contributed by atoms with Crippen molar-refractivity contribution in [2.75, 3.05) is 13.2 Å². The molecule has 2 N–H and O–H groups in total. The summed E-state index contributed by atoms with van der Waals surface area (Å²) in [5.74, 6) is -1.34. The molecule has 2 aromatic rings. The van der Waals surface area contributed by atoms with Gasteiger partial charge in [0, 0.05) is 13.2 Å². The van der Waals surface area contributed by atoms with Crippen molar-refractivity contribution in [3.05, 3.63) is 63.6 Å². The van der Waals surface area contributed by atoms with E-state index in [-0.39, 0.29) is 23.2 Å². The van der Waals surface area contributed by atoms with Crippen LogP contribution >= 0.6 is 11.3 Å². The number of thiophene rings is 1. The van der Waals surface area contributed by atoms with E-state index in [9.17, 15) is 19.8 Å². The molecule has 0 unspecified atom stereocenters. The molecule has 0 aliphatic carbocycles. The third-order valence-electron chi connectivity index (χ3n) is 4.93. The largest absolute Gasteiger partial charge is 0.508 e. The summed E-state index contributed by atoms with van der Waals surface area (Å²) >= 11 is 1.27. The molecule has 4 rings (SSSR count). The summed E-state index contributed by atoms with van der Waals surface area (Å²) in [6.45, 7) is 0.951. The molecule has 140 valence electrons. The molecule has 2 aliphatic heterocycles. The van der Waals surface area contributed by atoms with Gasteiger partial charge in [-0.15, -0.1) is 11.3 Å². The molecule has 1 saturated heterocycles. The minimum Gasteiger partial charge on any atom is -0.508 e. The van der Waals surface area contributed by atoms with Crippen molar-refractivity contribution in [1.29, 1.82) is 0 Å². The molecule has 0 bridgehead atoms. The van der Waals surface area contributed by atoms with E-state index in [1.165, 1.54) is 28.4 Å². The van der Waals surface area contributed by atoms with Crippen LogP contribution in [0.3, 0.4) is 0 Å². The summed E-state index contributed by atoms with van der Waals surface area (Å²) in [7, 11) is 0. The lowest BCUT2D eigenvalue weighted by atomic mass is 9.95. The van der Waals surface area contributed by atoms with Crippen LogP contribution in [0.25, 0.3) is 0 Å². The molecule has 1 aromatic heterocycles. The number of carbonyl (C=O) groups excluding carboxylic acids is 2. The number of phenolic OH excluding ortho intramolecular Hbond substituents is 1. The Labute approximate surface area is 160 Å². The zero-order valence-corrected chi connectivity index (χ0v) is 15.3. The number of aliphatic hydroxyl groups is 1. The highest BCUT2D eigenvalue weighted by Gasteiger charge is 2.45. The molecule has 0 radical (unpaired) electrons. The Hall–Kier alpha value is -2.64. The molecule has 0 saturated carbocycles. The van der Waals surface area contributed by atoms with Crippen LogP contribution in [-0.4, -0.2) is 46.1 Å². The average Bonchev–Trinajstić information content (AvgIpc) is 3.41. The Morgan fingerprint density at radius 3 is 2.63 bits per heavy atom. The number of nitrogens with zero attached hydrogens (tertiary/aromatic N) is 1. The van der Waals surface area contributed by atoms with Crippen LogP contribution in [0.2, 0.25) is 0 Å². The third-order valence-corrected chi connectivity index (χ3v) is 5.80. The number of ether oxygens (including phenoxy) is 1. The maximum atomic E-state index is 13.0. The van der Waals surface area contributed by atoms with Crippen molar-refractivity contribution in [3.8, 4) is 5.75 Å². The second-order valence-electron chi connectivity index (χ2n) is 6.66. The number of rotatable bonds is 5. The fraction of sp³-hybridized carbons (Fsp3) is 0.300. The maximum absolute atomic E-state index is 13.0. The van der Waals surface area contributed by atoms with Gasteiger partial charge in [-0.3, -0.25) is 9.59 Å². The zero-order chi connectivity index (χ0) is 19.0. The highest BCUT2D eigenvalue weighted by Crippen LogP contribution is 2.40. The molecule has 1 fully saturated rings. The number of amides is 1. The molecular formula is C20H19NO5S. The van der Waals surface area contributed by atoms with E-state index in [2.05, 4.69) is 0 Å². The van der Waals surface area contributed by atoms with Gasteiger partial charge in [-0.25, -0.2) is 0 Å². The number of ketones is 1. The molecule has 3 heterocycles. The number of hydrogen-bond acceptors (Lipinski definition) is 6. The van der Waals surface area contributed by atoms with E-state index in [1.807, 2.05) is 0 Å². The summed E-state index contributed by atoms with van der Waals surface area (Å²) in [6, 6.07) is 9.06. The van der Waals surface area contributed by atoms with Crippen LogP contribution in [-0.2, 0) is 9.53 Å². The molecule has 27 heavy (non-hydrogen) atoms. The molecular weight excluding hydrogens is 366 g/mol. The third kappa shape index (κ3) is 3.24. The van der Waals surface area contributed by atoms with Crippen molar-refractivity contribution in [2.45, 2.75) is 25.0 Å². The minimum atomic E-state index is -0.711. The second kappa shape index (κ2) is 7.17. The van der Waals surface area contributed by atoms with Gasteiger partial charge in [-0.05, 0) is 42.0 Å². The predicted molar refractivity (Wildman–Crippen MR) is 99.8 cm³/mol. The standard InChI is InChI=1S/C20H19NO5S/c22-13-7-5-12(6-8-13)17-16(18(23)15-4-2-10-27-15)19(24)20(25)21(17)11-14-3-1-9-26-14/h2,4-8,10,14,17,22,24H,1,3,9,11H2/t14-,17-/m1/s1. The average molecular weight is 385 g/mol. The van der Waals surface area contributed by atoms with Gasteiger partial charge >= 0.3 is 0 Å². The van der Waals surface area contributed by atoms with Crippen LogP contribution < -0.4 is 0 Å². The Morgan fingerprint density at radius 1 is 1.22 bits per heavy atom. The van der Waals surface area contributed by atoms with Crippen molar-refractivity contribution < 1.29 is 24.5 Å². The van der Waals surface area contributed by atoms with E-state index in [1.54, 1.807) is 29.6 Å². The van der Waals surface area contributed by atoms with Crippen LogP contribution in [0.15, 0.2) is 53.1 Å². The van der Waals surface area contributed by atoms with Crippen LogP contribution in [0, 0.1) is 0 Å². The minimum absolute atomic E-state index is 0.0751. The Balaban J connectivity index is 1.75. The number of aliphatic hydroxyl groups excluding tert-OH is 1. The van der Waals surface area contributed by atoms with E-state index < -0.39 is 17.7 Å². The van der Waals surface area contributed by atoms with Crippen LogP contribution in [0.1, 0.15) is 34.1 Å². The van der Waals surface area contributed by atoms with Crippen molar-refractivity contribution in [2.24, 2.45) is 0 Å². The summed E-state index contributed by atoms with van der Waals surface area (Å²) in [4.78, 5) is 27.8. The van der Waals surface area contributed by atoms with E-state index in [0.717, 1.165) is 12.8 Å². The first-order valence-corrected chi connectivity index (χ1v) is 9.67. The number of phenols is 1. The smallest absolute Gasteiger partial charge is 0.290 e. The Bertz CT molecular complexity index is 882. The summed E-state index contributed by atoms with van der Waals surface area (Å²) in [6.07, 6.45) is 1.65. The SMILES string of the molecule is O=C(C1=C(O)C(=O)N(C[C@H]2CCCO2)[C@@H]1c1ccc(O)cc1)c1cccs1. The Morgan fingerprint density at radius 2 is 2.00 bits per heavy atom. The van der Waals surface area contributed by atoms with Crippen molar-refractivity contribution >= 4 is 23.0 Å². The monoisotopic (exact) mass is 385 g/mol. The number of carbonyl (C=O) groups is 2. The summed E-state index contributed by atoms with van der Waals surface area (Å²) in [5, 5.41) is 21.9. The van der Waals surface area contributed by atoms with Gasteiger partial charge < -0.3 is 19.8 Å². The van der Waals surface area contributed by atoms with Crippen molar-refractivity contribution in [1.82, 2.24) is 4.90 Å². The highest BCUT2D eigenvalue weighted by atomic mass is 32.1. The second-order valence-corrected chi connectivity index (χ2v) is 7.60. The van der Waals surface area contributed by atoms with E-state index in [4.69, 9.17) is 4.74 Å². The number of hydrogen-bond donors (Lipinski definition) is 2. The summed E-state index contributed by atoms with van der Waals surface area (Å²) < 4.78 is 5.65. The van der Waals surface area contributed by atoms with Gasteiger partial charge in [0.2, 0.25) is 5.78 Å². The number of Topliss-reactive ketones (excluding diaryl/α,β-unsaturated/α-hetero) is 1. The predicted octanol–water partition coefficient (Wildman–Crippen LogP) is 3.21. The zero-order valence-electron chi connectivity index (χ0n) is 14.5. The number of benzene rings is 1. The first-order chi connectivity index (χ1) is 13.1. The first-order valence-electron chi connectivity index (χ1n) is 8.79. The molecule has 7 heteroatoms. The molecule has 6 nitrogen and oxygen atoms in total. The fourth-order valence-electron chi connectivity index (χ4n) is 3.63. The highest BCUT2D eigenvalue weighted by molar-refractivity contribution is 7.12. The lowest BCUT2D eigenvalue weighted by Crippen LogP contribution is -2.37. The van der Waals surface area contributed by atoms with Gasteiger partial charge in [0.15, 0.2) is 5.76 Å². The van der Waals surface area contributed by atoms with E-state index in [0.29, 0.717) is 23.6 Å². The van der Waals surface area contributed by atoms with Gasteiger partial charge in [0.25, 0.3) is 5.91 Å². The molecule has 2 atom stereocenters. The van der Waals surface area contributed by atoms with E-state index >= 15 is 0 Å². The van der Waals surface area contributed by atoms with Gasteiger partial charge in [-0.2, -0.15) is 0 Å². The normalized spacial score (nSPS) is 22.7. The molecule has 1 aromatic carbocycles. The Kier molecular flexibility index (Phi) is 4.72. The van der Waals surface area contributed by atoms with Crippen molar-refractivity contribution in [3.63, 3.8) is 0 Å². The van der Waals surface area contributed by atoms with Gasteiger partial charge in [-0.1, -0.05) is 18.2 Å². The lowest BCUT2D eigenvalue weighted by Gasteiger charge is -2.28. The molecule has 1 amide bonds. The van der Waals surface area contributed by atoms with Gasteiger partial charge in [0.05, 0.1) is 22.6 Å². The maximum Gasteiger partial charge on any atom is 0.290 e. The van der Waals surface area contributed by atoms with Crippen LogP contribution in [0.5, 0.6) is 5.75 Å². The lowest BCUT2D eigenvalue weighted by molar-refractivity contribution is -0.131. The summed E-state index contributed by atoms with van der Waals surface area (Å²) in [5.41, 5.74) is 0.731. The fourth-order valence-corrected chi connectivity index (χ4v) is 4.30. The molecule has 0 spiro atoms. The molecule has 2 aliphatic rings. The quantitative estimate of drug-likeness (QED) is 0.772. The number of aromatic hydroxyl groups is 1. The first kappa shape index (κ1) is 17.8. The van der Waals surface area contributed by atoms with Crippen LogP contribution in [0.4, 0.5) is 0 Å².